The molecule has 88 valence electrons. The molecule has 3 heteroatoms. The average molecular weight is 228 g/mol. The smallest absolute Gasteiger partial charge is 0.184 e. The minimum absolute atomic E-state index is 0.0793. The highest BCUT2D eigenvalue weighted by Crippen LogP contribution is 2.14. The maximum absolute atomic E-state index is 12.0. The van der Waals surface area contributed by atoms with Crippen LogP contribution < -0.4 is 0 Å². The molecule has 0 radical (unpaired) electrons. The lowest BCUT2D eigenvalue weighted by Crippen LogP contribution is -2.05. The summed E-state index contributed by atoms with van der Waals surface area (Å²) in [5.41, 5.74) is 2.56. The van der Waals surface area contributed by atoms with Crippen molar-refractivity contribution < 1.29 is 4.79 Å². The monoisotopic (exact) mass is 228 g/mol. The molecule has 2 aromatic heterocycles. The van der Waals surface area contributed by atoms with E-state index in [0.717, 1.165) is 11.4 Å². The number of rotatable bonds is 4. The van der Waals surface area contributed by atoms with E-state index in [-0.39, 0.29) is 5.78 Å². The van der Waals surface area contributed by atoms with E-state index >= 15 is 0 Å². The van der Waals surface area contributed by atoms with Gasteiger partial charge in [0.1, 0.15) is 0 Å². The second-order valence-corrected chi connectivity index (χ2v) is 4.40. The zero-order valence-corrected chi connectivity index (χ0v) is 10.1. The van der Waals surface area contributed by atoms with Gasteiger partial charge in [-0.15, -0.1) is 0 Å². The third-order valence-corrected chi connectivity index (χ3v) is 2.70. The lowest BCUT2D eigenvalue weighted by molar-refractivity contribution is 0.0987. The lowest BCUT2D eigenvalue weighted by atomic mass is 10.1. The molecular weight excluding hydrogens is 212 g/mol. The van der Waals surface area contributed by atoms with Gasteiger partial charge in [0.05, 0.1) is 12.1 Å². The molecule has 2 aromatic rings. The van der Waals surface area contributed by atoms with E-state index in [4.69, 9.17) is 0 Å². The molecule has 2 heterocycles. The van der Waals surface area contributed by atoms with Crippen molar-refractivity contribution in [3.63, 3.8) is 0 Å². The summed E-state index contributed by atoms with van der Waals surface area (Å²) in [5, 5.41) is 0. The fourth-order valence-electron chi connectivity index (χ4n) is 1.67. The first-order chi connectivity index (χ1) is 8.16. The van der Waals surface area contributed by atoms with Gasteiger partial charge in [0, 0.05) is 17.6 Å². The molecular formula is C14H16N2O. The molecule has 0 saturated carbocycles. The molecule has 0 atom stereocenters. The number of pyridine rings is 1. The van der Waals surface area contributed by atoms with E-state index < -0.39 is 0 Å². The molecule has 0 amide bonds. The van der Waals surface area contributed by atoms with Gasteiger partial charge >= 0.3 is 0 Å². The Morgan fingerprint density at radius 3 is 2.71 bits per heavy atom. The summed E-state index contributed by atoms with van der Waals surface area (Å²) in [4.78, 5) is 19.3. The largest absolute Gasteiger partial charge is 0.356 e. The first-order valence-electron chi connectivity index (χ1n) is 5.79. The van der Waals surface area contributed by atoms with Crippen molar-refractivity contribution in [2.75, 3.05) is 0 Å². The predicted molar refractivity (Wildman–Crippen MR) is 67.2 cm³/mol. The number of nitrogens with zero attached hydrogens (tertiary/aromatic N) is 1. The van der Waals surface area contributed by atoms with Gasteiger partial charge < -0.3 is 4.98 Å². The molecule has 0 bridgehead atoms. The summed E-state index contributed by atoms with van der Waals surface area (Å²) < 4.78 is 0. The molecule has 0 saturated heterocycles. The first-order valence-corrected chi connectivity index (χ1v) is 5.79. The Hall–Kier alpha value is -1.90. The van der Waals surface area contributed by atoms with Crippen LogP contribution in [-0.4, -0.2) is 15.8 Å². The summed E-state index contributed by atoms with van der Waals surface area (Å²) in [6.45, 7) is 4.19. The standard InChI is InChI=1S/C14H16N2O/c1-10(2)12-6-7-13(16-12)14(17)9-11-5-3-4-8-15-11/h3-8,10,16H,9H2,1-2H3. The minimum Gasteiger partial charge on any atom is -0.356 e. The van der Waals surface area contributed by atoms with Gasteiger partial charge in [-0.1, -0.05) is 19.9 Å². The van der Waals surface area contributed by atoms with Crippen LogP contribution in [0.25, 0.3) is 0 Å². The number of hydrogen-bond acceptors (Lipinski definition) is 2. The van der Waals surface area contributed by atoms with E-state index in [9.17, 15) is 4.79 Å². The zero-order chi connectivity index (χ0) is 12.3. The normalized spacial score (nSPS) is 10.8. The Kier molecular flexibility index (Phi) is 3.38. The van der Waals surface area contributed by atoms with Crippen molar-refractivity contribution in [3.8, 4) is 0 Å². The fourth-order valence-corrected chi connectivity index (χ4v) is 1.67. The topological polar surface area (TPSA) is 45.8 Å². The minimum atomic E-state index is 0.0793. The third kappa shape index (κ3) is 2.81. The summed E-state index contributed by atoms with van der Waals surface area (Å²) >= 11 is 0. The quantitative estimate of drug-likeness (QED) is 0.818. The number of ketones is 1. The van der Waals surface area contributed by atoms with Crippen molar-refractivity contribution in [1.82, 2.24) is 9.97 Å². The molecule has 2 rings (SSSR count). The van der Waals surface area contributed by atoms with E-state index in [1.165, 1.54) is 0 Å². The second-order valence-electron chi connectivity index (χ2n) is 4.40. The lowest BCUT2D eigenvalue weighted by Gasteiger charge is -2.01. The van der Waals surface area contributed by atoms with E-state index in [1.54, 1.807) is 6.20 Å². The fraction of sp³-hybridized carbons (Fsp3) is 0.286. The number of aromatic amines is 1. The molecule has 0 spiro atoms. The highest BCUT2D eigenvalue weighted by molar-refractivity contribution is 5.95. The van der Waals surface area contributed by atoms with Crippen LogP contribution in [0.15, 0.2) is 36.5 Å². The third-order valence-electron chi connectivity index (χ3n) is 2.70. The van der Waals surface area contributed by atoms with Gasteiger partial charge in [-0.3, -0.25) is 9.78 Å². The number of aromatic nitrogens is 2. The summed E-state index contributed by atoms with van der Waals surface area (Å²) in [5.74, 6) is 0.488. The number of carbonyl (C=O) groups is 1. The van der Waals surface area contributed by atoms with E-state index in [1.807, 2.05) is 30.3 Å². The number of hydrogen-bond donors (Lipinski definition) is 1. The van der Waals surface area contributed by atoms with Crippen LogP contribution in [0.5, 0.6) is 0 Å². The van der Waals surface area contributed by atoms with Crippen molar-refractivity contribution >= 4 is 5.78 Å². The average Bonchev–Trinajstić information content (AvgIpc) is 2.79. The Labute approximate surface area is 101 Å². The molecule has 1 N–H and O–H groups in total. The molecule has 0 aromatic carbocycles. The zero-order valence-electron chi connectivity index (χ0n) is 10.1. The van der Waals surface area contributed by atoms with Crippen LogP contribution in [0.2, 0.25) is 0 Å². The van der Waals surface area contributed by atoms with Gasteiger partial charge in [0.2, 0.25) is 0 Å². The summed E-state index contributed by atoms with van der Waals surface area (Å²) in [6, 6.07) is 9.42. The van der Waals surface area contributed by atoms with Crippen molar-refractivity contribution in [2.45, 2.75) is 26.2 Å². The number of nitrogens with one attached hydrogen (secondary N) is 1. The van der Waals surface area contributed by atoms with Crippen molar-refractivity contribution in [2.24, 2.45) is 0 Å². The maximum atomic E-state index is 12.0. The van der Waals surface area contributed by atoms with Gasteiger partial charge in [0.15, 0.2) is 5.78 Å². The highest BCUT2D eigenvalue weighted by Gasteiger charge is 2.11. The van der Waals surface area contributed by atoms with Gasteiger partial charge in [-0.25, -0.2) is 0 Å². The molecule has 0 unspecified atom stereocenters. The van der Waals surface area contributed by atoms with Crippen LogP contribution >= 0.6 is 0 Å². The molecule has 0 aliphatic rings. The van der Waals surface area contributed by atoms with Crippen molar-refractivity contribution in [3.05, 3.63) is 53.6 Å². The molecule has 3 nitrogen and oxygen atoms in total. The number of Topliss-reactive ketones (excluding diaryl/α,β-unsaturated/α-hetero) is 1. The van der Waals surface area contributed by atoms with Gasteiger partial charge in [-0.05, 0) is 30.2 Å². The molecule has 0 aliphatic carbocycles. The van der Waals surface area contributed by atoms with Crippen LogP contribution in [0.1, 0.15) is 41.6 Å². The summed E-state index contributed by atoms with van der Waals surface area (Å²) in [6.07, 6.45) is 2.05. The van der Waals surface area contributed by atoms with Crippen LogP contribution in [0.4, 0.5) is 0 Å². The van der Waals surface area contributed by atoms with Crippen LogP contribution in [0, 0.1) is 0 Å². The number of H-pyrrole nitrogens is 1. The van der Waals surface area contributed by atoms with Gasteiger partial charge in [-0.2, -0.15) is 0 Å². The summed E-state index contributed by atoms with van der Waals surface area (Å²) in [7, 11) is 0. The SMILES string of the molecule is CC(C)c1ccc(C(=O)Cc2ccccn2)[nH]1. The Morgan fingerprint density at radius 1 is 1.29 bits per heavy atom. The second kappa shape index (κ2) is 4.95. The van der Waals surface area contributed by atoms with E-state index in [2.05, 4.69) is 23.8 Å². The molecule has 0 aliphatic heterocycles. The Bertz CT molecular complexity index is 500. The van der Waals surface area contributed by atoms with Gasteiger partial charge in [0.25, 0.3) is 0 Å². The highest BCUT2D eigenvalue weighted by atomic mass is 16.1. The Morgan fingerprint density at radius 2 is 2.12 bits per heavy atom. The van der Waals surface area contributed by atoms with E-state index in [0.29, 0.717) is 18.0 Å². The predicted octanol–water partition coefficient (Wildman–Crippen LogP) is 2.96. The maximum Gasteiger partial charge on any atom is 0.184 e. The van der Waals surface area contributed by atoms with Crippen LogP contribution in [0.3, 0.4) is 0 Å². The van der Waals surface area contributed by atoms with Crippen LogP contribution in [-0.2, 0) is 6.42 Å². The Balaban J connectivity index is 2.10. The molecule has 0 fully saturated rings. The molecule has 17 heavy (non-hydrogen) atoms. The first kappa shape index (κ1) is 11.6. The number of carbonyl (C=O) groups excluding carboxylic acids is 1. The van der Waals surface area contributed by atoms with Crippen molar-refractivity contribution in [1.29, 1.82) is 0 Å².